The van der Waals surface area contributed by atoms with Gasteiger partial charge in [0.1, 0.15) is 5.82 Å². The number of benzene rings is 2. The number of nitrogens with one attached hydrogen (secondary N) is 1. The number of hydrogen-bond acceptors (Lipinski definition) is 4. The summed E-state index contributed by atoms with van der Waals surface area (Å²) in [5, 5.41) is 4.92. The van der Waals surface area contributed by atoms with Crippen molar-refractivity contribution in [3.63, 3.8) is 0 Å². The Balaban J connectivity index is 1.54. The Morgan fingerprint density at radius 1 is 1.10 bits per heavy atom. The molecule has 3 aromatic rings. The van der Waals surface area contributed by atoms with Crippen LogP contribution < -0.4 is 5.32 Å². The minimum Gasteiger partial charge on any atom is -0.376 e. The lowest BCUT2D eigenvalue weighted by Gasteiger charge is -2.24. The van der Waals surface area contributed by atoms with Crippen LogP contribution in [0.3, 0.4) is 0 Å². The molecule has 2 atom stereocenters. The molecule has 2 aromatic carbocycles. The van der Waals surface area contributed by atoms with E-state index in [1.165, 1.54) is 11.1 Å². The van der Waals surface area contributed by atoms with Crippen LogP contribution in [0.2, 0.25) is 10.0 Å². The van der Waals surface area contributed by atoms with Gasteiger partial charge in [0.25, 0.3) is 0 Å². The van der Waals surface area contributed by atoms with E-state index in [0.717, 1.165) is 47.7 Å². The van der Waals surface area contributed by atoms with E-state index in [0.29, 0.717) is 22.6 Å². The summed E-state index contributed by atoms with van der Waals surface area (Å²) < 4.78 is 6.10. The Morgan fingerprint density at radius 3 is 2.65 bits per heavy atom. The number of rotatable bonds is 6. The van der Waals surface area contributed by atoms with Crippen LogP contribution in [0.1, 0.15) is 54.2 Å². The van der Waals surface area contributed by atoms with Gasteiger partial charge in [-0.15, -0.1) is 0 Å². The number of hydrogen-bond donors (Lipinski definition) is 1. The molecule has 1 fully saturated rings. The fourth-order valence-electron chi connectivity index (χ4n) is 4.46. The molecule has 0 saturated heterocycles. The number of ether oxygens (including phenoxy) is 1. The predicted octanol–water partition coefficient (Wildman–Crippen LogP) is 6.75. The fraction of sp³-hybridized carbons (Fsp3) is 0.360. The molecule has 6 heteroatoms. The van der Waals surface area contributed by atoms with E-state index < -0.39 is 0 Å². The maximum Gasteiger partial charge on any atom is 0.148 e. The van der Waals surface area contributed by atoms with E-state index in [1.54, 1.807) is 6.07 Å². The Labute approximate surface area is 193 Å². The zero-order chi connectivity index (χ0) is 21.5. The van der Waals surface area contributed by atoms with Crippen LogP contribution in [0.25, 0.3) is 11.3 Å². The lowest BCUT2D eigenvalue weighted by molar-refractivity contribution is 0.0573. The summed E-state index contributed by atoms with van der Waals surface area (Å²) in [5.41, 5.74) is 6.17. The molecule has 1 aromatic heterocycles. The van der Waals surface area contributed by atoms with Crippen molar-refractivity contribution in [3.05, 3.63) is 75.0 Å². The van der Waals surface area contributed by atoms with Gasteiger partial charge in [0.05, 0.1) is 34.3 Å². The number of nitrogens with zero attached hydrogens (tertiary/aromatic N) is 2. The summed E-state index contributed by atoms with van der Waals surface area (Å²) in [4.78, 5) is 10.1. The minimum atomic E-state index is 0.0623. The van der Waals surface area contributed by atoms with Crippen LogP contribution >= 0.6 is 23.2 Å². The van der Waals surface area contributed by atoms with E-state index in [4.69, 9.17) is 37.9 Å². The lowest BCUT2D eigenvalue weighted by Crippen LogP contribution is -2.26. The Bertz CT molecular complexity index is 1130. The Kier molecular flexibility index (Phi) is 5.63. The van der Waals surface area contributed by atoms with Crippen LogP contribution in [-0.4, -0.2) is 22.7 Å². The summed E-state index contributed by atoms with van der Waals surface area (Å²) in [7, 11) is 0. The highest BCUT2D eigenvalue weighted by Crippen LogP contribution is 2.45. The normalized spacial score (nSPS) is 20.0. The zero-order valence-electron chi connectivity index (χ0n) is 17.7. The molecule has 0 unspecified atom stereocenters. The second kappa shape index (κ2) is 8.42. The Hall–Kier alpha value is -2.14. The van der Waals surface area contributed by atoms with E-state index in [9.17, 15) is 0 Å². The predicted molar refractivity (Wildman–Crippen MR) is 126 cm³/mol. The van der Waals surface area contributed by atoms with Crippen molar-refractivity contribution in [2.24, 2.45) is 0 Å². The molecule has 0 bridgehead atoms. The molecule has 0 aliphatic heterocycles. The van der Waals surface area contributed by atoms with Gasteiger partial charge in [-0.2, -0.15) is 0 Å². The van der Waals surface area contributed by atoms with Crippen LogP contribution in [0, 0.1) is 6.92 Å². The zero-order valence-corrected chi connectivity index (χ0v) is 19.2. The third kappa shape index (κ3) is 4.05. The van der Waals surface area contributed by atoms with Crippen LogP contribution in [0.4, 0.5) is 5.82 Å². The van der Waals surface area contributed by atoms with Gasteiger partial charge >= 0.3 is 0 Å². The molecular formula is C25H25Cl2N3O. The molecule has 4 nitrogen and oxygen atoms in total. The van der Waals surface area contributed by atoms with Gasteiger partial charge in [-0.05, 0) is 56.0 Å². The van der Waals surface area contributed by atoms with Crippen molar-refractivity contribution in [1.82, 2.24) is 9.97 Å². The van der Waals surface area contributed by atoms with Crippen molar-refractivity contribution < 1.29 is 4.74 Å². The van der Waals surface area contributed by atoms with E-state index in [1.807, 2.05) is 26.0 Å². The van der Waals surface area contributed by atoms with Gasteiger partial charge in [-0.25, -0.2) is 9.97 Å². The van der Waals surface area contributed by atoms with Gasteiger partial charge in [0, 0.05) is 29.5 Å². The van der Waals surface area contributed by atoms with Crippen LogP contribution in [0.5, 0.6) is 0 Å². The summed E-state index contributed by atoms with van der Waals surface area (Å²) >= 11 is 12.6. The molecular weight excluding hydrogens is 429 g/mol. The van der Waals surface area contributed by atoms with Crippen molar-refractivity contribution in [2.45, 2.75) is 51.2 Å². The van der Waals surface area contributed by atoms with E-state index >= 15 is 0 Å². The first-order valence-corrected chi connectivity index (χ1v) is 11.6. The van der Waals surface area contributed by atoms with Gasteiger partial charge in [0.2, 0.25) is 0 Å². The smallest absolute Gasteiger partial charge is 0.148 e. The molecule has 1 saturated carbocycles. The number of aromatic nitrogens is 2. The van der Waals surface area contributed by atoms with Crippen molar-refractivity contribution in [2.75, 3.05) is 11.9 Å². The second-order valence-corrected chi connectivity index (χ2v) is 9.15. The van der Waals surface area contributed by atoms with Crippen molar-refractivity contribution >= 4 is 29.0 Å². The molecule has 5 rings (SSSR count). The summed E-state index contributed by atoms with van der Waals surface area (Å²) in [5.74, 6) is 1.29. The molecule has 160 valence electrons. The summed E-state index contributed by atoms with van der Waals surface area (Å²) in [6, 6.07) is 14.1. The maximum atomic E-state index is 6.49. The number of fused-ring (bicyclic) bond motifs is 1. The Morgan fingerprint density at radius 2 is 1.90 bits per heavy atom. The third-order valence-corrected chi connectivity index (χ3v) is 6.65. The highest BCUT2D eigenvalue weighted by molar-refractivity contribution is 6.36. The third-order valence-electron chi connectivity index (χ3n) is 6.10. The van der Waals surface area contributed by atoms with Gasteiger partial charge in [-0.1, -0.05) is 47.5 Å². The highest BCUT2D eigenvalue weighted by atomic mass is 35.5. The molecule has 1 heterocycles. The van der Waals surface area contributed by atoms with E-state index in [2.05, 4.69) is 29.6 Å². The molecule has 0 amide bonds. The topological polar surface area (TPSA) is 47.0 Å². The molecule has 0 spiro atoms. The lowest BCUT2D eigenvalue weighted by atomic mass is 10.1. The fourth-order valence-corrected chi connectivity index (χ4v) is 4.96. The summed E-state index contributed by atoms with van der Waals surface area (Å²) in [6.45, 7) is 4.72. The first-order chi connectivity index (χ1) is 15.0. The number of halogens is 2. The first kappa shape index (κ1) is 20.7. The SMILES string of the molecule is CCO[C@H]1Cc2ccccc2[C@H]1Nc1nc(C)c(-c2ccc(Cl)cc2Cl)nc1C1CC1. The molecule has 0 radical (unpaired) electrons. The minimum absolute atomic E-state index is 0.0623. The average molecular weight is 454 g/mol. The molecule has 1 N–H and O–H groups in total. The van der Waals surface area contributed by atoms with Crippen LogP contribution in [0.15, 0.2) is 42.5 Å². The van der Waals surface area contributed by atoms with Crippen molar-refractivity contribution in [1.29, 1.82) is 0 Å². The second-order valence-electron chi connectivity index (χ2n) is 8.31. The standard InChI is InChI=1S/C25H25Cl2N3O/c1-3-31-21-12-16-6-4-5-7-18(16)24(21)30-25-23(15-8-9-15)29-22(14(2)28-25)19-11-10-17(26)13-20(19)27/h4-7,10-11,13,15,21,24H,3,8-9,12H2,1-2H3,(H,28,30)/t21-,24+/m0/s1. The average Bonchev–Trinajstić information content (AvgIpc) is 3.53. The molecule has 2 aliphatic carbocycles. The molecule has 2 aliphatic rings. The first-order valence-electron chi connectivity index (χ1n) is 10.8. The molecule has 31 heavy (non-hydrogen) atoms. The quantitative estimate of drug-likeness (QED) is 0.448. The highest BCUT2D eigenvalue weighted by Gasteiger charge is 2.36. The van der Waals surface area contributed by atoms with Gasteiger partial charge < -0.3 is 10.1 Å². The van der Waals surface area contributed by atoms with Gasteiger partial charge in [0.15, 0.2) is 0 Å². The van der Waals surface area contributed by atoms with E-state index in [-0.39, 0.29) is 12.1 Å². The summed E-state index contributed by atoms with van der Waals surface area (Å²) in [6.07, 6.45) is 3.26. The monoisotopic (exact) mass is 453 g/mol. The van der Waals surface area contributed by atoms with Crippen molar-refractivity contribution in [3.8, 4) is 11.3 Å². The maximum absolute atomic E-state index is 6.49. The number of anilines is 1. The largest absolute Gasteiger partial charge is 0.376 e. The van der Waals surface area contributed by atoms with Gasteiger partial charge in [-0.3, -0.25) is 0 Å². The number of aryl methyl sites for hydroxylation is 1. The van der Waals surface area contributed by atoms with Crippen LogP contribution in [-0.2, 0) is 11.2 Å².